The van der Waals surface area contributed by atoms with Gasteiger partial charge in [0.15, 0.2) is 0 Å². The van der Waals surface area contributed by atoms with E-state index in [2.05, 4.69) is 0 Å². The average Bonchev–Trinajstić information content (AvgIpc) is 1.68. The van der Waals surface area contributed by atoms with Crippen molar-refractivity contribution in [2.24, 2.45) is 0 Å². The summed E-state index contributed by atoms with van der Waals surface area (Å²) >= 11 is 0. The first-order valence-corrected chi connectivity index (χ1v) is 5.85. The molecule has 0 bridgehead atoms. The molecular formula is C5H15O2P. The fraction of sp³-hybridized carbons (Fsp3) is 1.00. The molecule has 0 aromatic carbocycles. The van der Waals surface area contributed by atoms with Crippen LogP contribution >= 0.6 is 7.06 Å². The van der Waals surface area contributed by atoms with Crippen molar-refractivity contribution in [3.8, 4) is 0 Å². The van der Waals surface area contributed by atoms with Crippen LogP contribution in [0.15, 0.2) is 0 Å². The molecule has 0 saturated heterocycles. The van der Waals surface area contributed by atoms with E-state index in [4.69, 9.17) is 0 Å². The van der Waals surface area contributed by atoms with E-state index in [1.165, 1.54) is 0 Å². The molecule has 0 fully saturated rings. The Labute approximate surface area is 50.6 Å². The van der Waals surface area contributed by atoms with Crippen LogP contribution in [0.5, 0.6) is 0 Å². The van der Waals surface area contributed by atoms with Crippen molar-refractivity contribution in [3.63, 3.8) is 0 Å². The molecule has 0 spiro atoms. The Morgan fingerprint density at radius 1 is 1.12 bits per heavy atom. The molecule has 2 nitrogen and oxygen atoms in total. The predicted molar refractivity (Wildman–Crippen MR) is 38.4 cm³/mol. The molecule has 0 heterocycles. The molecule has 0 aliphatic rings. The second-order valence-electron chi connectivity index (χ2n) is 2.54. The molecule has 0 aromatic heterocycles. The van der Waals surface area contributed by atoms with Crippen molar-refractivity contribution in [1.29, 1.82) is 0 Å². The topological polar surface area (TPSA) is 40.5 Å². The molecule has 0 aromatic rings. The molecule has 0 saturated carbocycles. The normalized spacial score (nSPS) is 17.4. The summed E-state index contributed by atoms with van der Waals surface area (Å²) in [6, 6.07) is 0. The Bertz CT molecular complexity index is 74.2. The zero-order valence-electron chi connectivity index (χ0n) is 5.76. The molecular weight excluding hydrogens is 123 g/mol. The molecule has 8 heavy (non-hydrogen) atoms. The summed E-state index contributed by atoms with van der Waals surface area (Å²) in [5.74, 6) is 0. The third-order valence-electron chi connectivity index (χ3n) is 1.65. The minimum absolute atomic E-state index is 0.502. The summed E-state index contributed by atoms with van der Waals surface area (Å²) in [5, 5.41) is 0. The van der Waals surface area contributed by atoms with E-state index >= 15 is 0 Å². The van der Waals surface area contributed by atoms with Gasteiger partial charge in [-0.3, -0.25) is 0 Å². The second-order valence-corrected chi connectivity index (χ2v) is 7.63. The van der Waals surface area contributed by atoms with Crippen molar-refractivity contribution < 1.29 is 9.79 Å². The fourth-order valence-corrected chi connectivity index (χ4v) is 0.671. The second kappa shape index (κ2) is 1.94. The van der Waals surface area contributed by atoms with Crippen LogP contribution in [0, 0.1) is 0 Å². The first-order valence-electron chi connectivity index (χ1n) is 2.89. The van der Waals surface area contributed by atoms with Crippen LogP contribution < -0.4 is 0 Å². The van der Waals surface area contributed by atoms with Crippen molar-refractivity contribution in [2.75, 3.05) is 19.0 Å². The van der Waals surface area contributed by atoms with Crippen molar-refractivity contribution in [3.05, 3.63) is 0 Å². The van der Waals surface area contributed by atoms with Crippen LogP contribution in [-0.4, -0.2) is 28.8 Å². The van der Waals surface area contributed by atoms with Crippen LogP contribution in [0.3, 0.4) is 0 Å². The van der Waals surface area contributed by atoms with Gasteiger partial charge in [-0.2, -0.15) is 0 Å². The molecule has 52 valence electrons. The van der Waals surface area contributed by atoms with Gasteiger partial charge < -0.3 is 0 Å². The first-order chi connectivity index (χ1) is 3.39. The van der Waals surface area contributed by atoms with Crippen LogP contribution in [0.2, 0.25) is 0 Å². The maximum absolute atomic E-state index is 9.28. The zero-order chi connectivity index (χ0) is 6.86. The Morgan fingerprint density at radius 2 is 1.38 bits per heavy atom. The zero-order valence-corrected chi connectivity index (χ0v) is 6.65. The van der Waals surface area contributed by atoms with Gasteiger partial charge in [0.2, 0.25) is 0 Å². The number of hydrogen-bond donors (Lipinski definition) is 2. The minimum atomic E-state index is -3.10. The van der Waals surface area contributed by atoms with Crippen LogP contribution in [0.4, 0.5) is 0 Å². The Morgan fingerprint density at radius 3 is 1.38 bits per heavy atom. The van der Waals surface area contributed by atoms with E-state index in [0.717, 1.165) is 0 Å². The van der Waals surface area contributed by atoms with Crippen molar-refractivity contribution in [1.82, 2.24) is 0 Å². The first kappa shape index (κ1) is 8.35. The van der Waals surface area contributed by atoms with Gasteiger partial charge in [-0.05, 0) is 0 Å². The number of hydrogen-bond acceptors (Lipinski definition) is 2. The molecule has 0 radical (unpaired) electrons. The van der Waals surface area contributed by atoms with E-state index in [1.807, 2.05) is 0 Å². The maximum atomic E-state index is 9.28. The van der Waals surface area contributed by atoms with Gasteiger partial charge in [0.05, 0.1) is 0 Å². The SMILES string of the molecule is CCP(C)(O)(O)CC. The molecule has 0 rings (SSSR count). The summed E-state index contributed by atoms with van der Waals surface area (Å²) in [6.45, 7) is 5.17. The third-order valence-corrected chi connectivity index (χ3v) is 4.94. The van der Waals surface area contributed by atoms with Crippen molar-refractivity contribution in [2.45, 2.75) is 13.8 Å². The van der Waals surface area contributed by atoms with Crippen LogP contribution in [0.25, 0.3) is 0 Å². The van der Waals surface area contributed by atoms with Gasteiger partial charge in [0, 0.05) is 0 Å². The van der Waals surface area contributed by atoms with Crippen LogP contribution in [0.1, 0.15) is 13.8 Å². The summed E-state index contributed by atoms with van der Waals surface area (Å²) in [6.07, 6.45) is 1.00. The van der Waals surface area contributed by atoms with Gasteiger partial charge in [-0.15, -0.1) is 0 Å². The van der Waals surface area contributed by atoms with E-state index in [9.17, 15) is 9.79 Å². The number of rotatable bonds is 2. The van der Waals surface area contributed by atoms with E-state index in [1.54, 1.807) is 20.5 Å². The standard InChI is InChI=1S/C5H15O2P/c1-4-8(3,6,7)5-2/h6-7H,4-5H2,1-3H3. The summed E-state index contributed by atoms with van der Waals surface area (Å²) < 4.78 is 0. The molecule has 0 atom stereocenters. The van der Waals surface area contributed by atoms with Gasteiger partial charge in [-0.25, -0.2) is 0 Å². The van der Waals surface area contributed by atoms with Gasteiger partial charge >= 0.3 is 49.7 Å². The Balaban J connectivity index is 3.99. The molecule has 3 heteroatoms. The average molecular weight is 138 g/mol. The molecule has 0 aliphatic heterocycles. The summed E-state index contributed by atoms with van der Waals surface area (Å²) in [7, 11) is -3.10. The van der Waals surface area contributed by atoms with Gasteiger partial charge in [-0.1, -0.05) is 0 Å². The Kier molecular flexibility index (Phi) is 2.03. The molecule has 0 aliphatic carbocycles. The predicted octanol–water partition coefficient (Wildman–Crippen LogP) is 1.02. The van der Waals surface area contributed by atoms with Gasteiger partial charge in [0.25, 0.3) is 0 Å². The quantitative estimate of drug-likeness (QED) is 0.559. The Hall–Kier alpha value is 0.350. The van der Waals surface area contributed by atoms with Crippen LogP contribution in [-0.2, 0) is 0 Å². The fourth-order valence-electron chi connectivity index (χ4n) is 0.224. The summed E-state index contributed by atoms with van der Waals surface area (Å²) in [5.41, 5.74) is 0. The van der Waals surface area contributed by atoms with E-state index in [-0.39, 0.29) is 0 Å². The third kappa shape index (κ3) is 2.61. The molecule has 0 amide bonds. The molecule has 0 unspecified atom stereocenters. The van der Waals surface area contributed by atoms with Gasteiger partial charge in [0.1, 0.15) is 0 Å². The molecule has 2 N–H and O–H groups in total. The van der Waals surface area contributed by atoms with E-state index < -0.39 is 7.06 Å². The monoisotopic (exact) mass is 138 g/mol. The van der Waals surface area contributed by atoms with Crippen molar-refractivity contribution >= 4 is 7.06 Å². The van der Waals surface area contributed by atoms with E-state index in [0.29, 0.717) is 12.3 Å². The summed E-state index contributed by atoms with van der Waals surface area (Å²) in [4.78, 5) is 18.6.